The quantitative estimate of drug-likeness (QED) is 0.0510. The fourth-order valence-electron chi connectivity index (χ4n) is 5.59. The van der Waals surface area contributed by atoms with Crippen LogP contribution in [0.15, 0.2) is 142 Å². The molecule has 1 aromatic heterocycles. The van der Waals surface area contributed by atoms with Crippen molar-refractivity contribution in [3.05, 3.63) is 176 Å². The smallest absolute Gasteiger partial charge is 0.431 e. The molecule has 0 aliphatic rings. The van der Waals surface area contributed by atoms with Crippen molar-refractivity contribution in [3.8, 4) is 40.8 Å². The largest absolute Gasteiger partial charge is 0.466 e. The maximum Gasteiger partial charge on any atom is 0.431 e. The van der Waals surface area contributed by atoms with Gasteiger partial charge in [0.15, 0.2) is 5.82 Å². The van der Waals surface area contributed by atoms with Crippen LogP contribution in [-0.2, 0) is 20.5 Å². The fourth-order valence-corrected chi connectivity index (χ4v) is 5.59. The standard InChI is InChI=1S/C22H11F4N3O3.C18H9FN2O2.C5H6F3NO2/c23-16-8-14(11-27)18(32-15-6-5-12-3-1-2-4-13(12)7-15)9-17(16)29-20(30)10-19(22(24,25)26)28-21(29)31;19-16-8-14(10-20)18(9-17(16)21-11-22)23-15-6-5-12-3-1-2-4-13(12)7-15;1-11-4(10)2-3(9)5(6,7)8/h1-10H,(H,28,31);1-9H;2H,9H2,1H3/b;;3-2-. The van der Waals surface area contributed by atoms with E-state index in [0.717, 1.165) is 46.9 Å². The second-order valence-corrected chi connectivity index (χ2v) is 13.0. The van der Waals surface area contributed by atoms with Crippen molar-refractivity contribution in [1.82, 2.24) is 9.55 Å². The lowest BCUT2D eigenvalue weighted by molar-refractivity contribution is -0.141. The normalized spacial score (nSPS) is 11.1. The van der Waals surface area contributed by atoms with Crippen LogP contribution in [0, 0.1) is 34.3 Å². The van der Waals surface area contributed by atoms with Crippen LogP contribution in [-0.4, -0.2) is 34.9 Å². The van der Waals surface area contributed by atoms with Gasteiger partial charge in [-0.05, 0) is 57.9 Å². The number of allylic oxidation sites excluding steroid dienone is 1. The Labute approximate surface area is 365 Å². The monoisotopic (exact) mass is 914 g/mol. The molecule has 0 aliphatic carbocycles. The van der Waals surface area contributed by atoms with Gasteiger partial charge in [0.05, 0.1) is 30.0 Å². The summed E-state index contributed by atoms with van der Waals surface area (Å²) in [7, 11) is 0.961. The molecule has 0 aliphatic heterocycles. The molecule has 334 valence electrons. The molecule has 66 heavy (non-hydrogen) atoms. The second-order valence-electron chi connectivity index (χ2n) is 13.0. The van der Waals surface area contributed by atoms with E-state index < -0.39 is 58.3 Å². The summed E-state index contributed by atoms with van der Waals surface area (Å²) in [5.74, 6) is -2.36. The number of ether oxygens (including phenoxy) is 3. The van der Waals surface area contributed by atoms with Crippen molar-refractivity contribution in [2.75, 3.05) is 7.11 Å². The summed E-state index contributed by atoms with van der Waals surface area (Å²) in [5.41, 5.74) is -2.59. The van der Waals surface area contributed by atoms with E-state index in [1.807, 2.05) is 66.7 Å². The highest BCUT2D eigenvalue weighted by molar-refractivity contribution is 5.85. The average molecular weight is 915 g/mol. The Morgan fingerprint density at radius 2 is 1.23 bits per heavy atom. The van der Waals surface area contributed by atoms with Gasteiger partial charge in [-0.1, -0.05) is 60.7 Å². The molecule has 3 N–H and O–H groups in total. The molecule has 13 nitrogen and oxygen atoms in total. The number of nitriles is 2. The van der Waals surface area contributed by atoms with Crippen LogP contribution in [0.2, 0.25) is 0 Å². The number of nitrogens with zero attached hydrogens (tertiary/aromatic N) is 4. The van der Waals surface area contributed by atoms with Gasteiger partial charge in [0, 0.05) is 18.2 Å². The molecule has 0 spiro atoms. The molecular formula is C45H26F8N6O7. The minimum atomic E-state index is -4.97. The number of nitrogens with one attached hydrogen (secondary N) is 1. The zero-order chi connectivity index (χ0) is 48.3. The number of hydrogen-bond acceptors (Lipinski definition) is 11. The maximum atomic E-state index is 14.6. The average Bonchev–Trinajstić information content (AvgIpc) is 3.27. The minimum absolute atomic E-state index is 0.0144. The lowest BCUT2D eigenvalue weighted by Gasteiger charge is -2.13. The highest BCUT2D eigenvalue weighted by Crippen LogP contribution is 2.34. The van der Waals surface area contributed by atoms with Gasteiger partial charge < -0.3 is 24.9 Å². The predicted octanol–water partition coefficient (Wildman–Crippen LogP) is 9.68. The molecule has 0 fully saturated rings. The first-order chi connectivity index (χ1) is 31.3. The second kappa shape index (κ2) is 20.4. The molecule has 21 heteroatoms. The van der Waals surface area contributed by atoms with Crippen LogP contribution in [0.4, 0.5) is 40.8 Å². The lowest BCUT2D eigenvalue weighted by Crippen LogP contribution is -2.36. The topological polar surface area (TPSA) is 203 Å². The van der Waals surface area contributed by atoms with E-state index in [9.17, 15) is 59.6 Å². The number of carbonyl (C=O) groups excluding carboxylic acids is 2. The van der Waals surface area contributed by atoms with Gasteiger partial charge >= 0.3 is 24.0 Å². The Balaban J connectivity index is 0.000000209. The molecule has 7 rings (SSSR count). The Morgan fingerprint density at radius 1 is 0.727 bits per heavy atom. The number of halogens is 8. The molecule has 1 heterocycles. The third-order valence-corrected chi connectivity index (χ3v) is 8.68. The number of aromatic amines is 1. The number of H-pyrrole nitrogens is 1. The van der Waals surface area contributed by atoms with Crippen molar-refractivity contribution in [2.24, 2.45) is 10.7 Å². The van der Waals surface area contributed by atoms with Gasteiger partial charge in [0.2, 0.25) is 6.08 Å². The number of isocyanates is 1. The first-order valence-corrected chi connectivity index (χ1v) is 18.2. The summed E-state index contributed by atoms with van der Waals surface area (Å²) in [6.45, 7) is 0. The summed E-state index contributed by atoms with van der Waals surface area (Å²) in [5, 5.41) is 22.2. The van der Waals surface area contributed by atoms with Crippen molar-refractivity contribution in [3.63, 3.8) is 0 Å². The summed E-state index contributed by atoms with van der Waals surface area (Å²) in [6.07, 6.45) is -8.19. The Morgan fingerprint density at radius 3 is 1.68 bits per heavy atom. The molecule has 6 aromatic carbocycles. The molecule has 0 saturated heterocycles. The number of hydrogen-bond donors (Lipinski definition) is 2. The molecule has 0 bridgehead atoms. The summed E-state index contributed by atoms with van der Waals surface area (Å²) in [4.78, 5) is 49.7. The van der Waals surface area contributed by atoms with E-state index in [0.29, 0.717) is 5.75 Å². The van der Waals surface area contributed by atoms with Crippen LogP contribution < -0.4 is 26.5 Å². The van der Waals surface area contributed by atoms with Gasteiger partial charge in [-0.2, -0.15) is 41.9 Å². The van der Waals surface area contributed by atoms with E-state index in [1.54, 1.807) is 30.3 Å². The predicted molar refractivity (Wildman–Crippen MR) is 220 cm³/mol. The third kappa shape index (κ3) is 11.9. The summed E-state index contributed by atoms with van der Waals surface area (Å²) >= 11 is 0. The van der Waals surface area contributed by atoms with E-state index in [2.05, 4.69) is 15.5 Å². The van der Waals surface area contributed by atoms with Gasteiger partial charge in [-0.25, -0.2) is 27.7 Å². The van der Waals surface area contributed by atoms with E-state index in [4.69, 9.17) is 14.7 Å². The molecule has 0 unspecified atom stereocenters. The van der Waals surface area contributed by atoms with Gasteiger partial charge in [-0.3, -0.25) is 4.79 Å². The minimum Gasteiger partial charge on any atom is -0.466 e. The zero-order valence-corrected chi connectivity index (χ0v) is 33.3. The van der Waals surface area contributed by atoms with E-state index in [-0.39, 0.29) is 50.8 Å². The van der Waals surface area contributed by atoms with Crippen molar-refractivity contribution >= 4 is 39.3 Å². The van der Waals surface area contributed by atoms with Crippen molar-refractivity contribution in [1.29, 1.82) is 10.5 Å². The van der Waals surface area contributed by atoms with Crippen LogP contribution in [0.5, 0.6) is 23.0 Å². The summed E-state index contributed by atoms with van der Waals surface area (Å²) < 4.78 is 117. The molecule has 0 radical (unpaired) electrons. The Hall–Kier alpha value is -9.07. The van der Waals surface area contributed by atoms with E-state index in [1.165, 1.54) is 17.1 Å². The lowest BCUT2D eigenvalue weighted by atomic mass is 10.1. The number of nitrogens with two attached hydrogens (primary N) is 1. The first kappa shape index (κ1) is 48.0. The fraction of sp³-hybridized carbons (Fsp3) is 0.0667. The number of aromatic nitrogens is 2. The van der Waals surface area contributed by atoms with Crippen molar-refractivity contribution in [2.45, 2.75) is 12.4 Å². The van der Waals surface area contributed by atoms with Gasteiger partial charge in [0.1, 0.15) is 58.0 Å². The van der Waals surface area contributed by atoms with Gasteiger partial charge in [0.25, 0.3) is 5.56 Å². The number of alkyl halides is 6. The zero-order valence-electron chi connectivity index (χ0n) is 33.3. The Kier molecular flexibility index (Phi) is 14.8. The van der Waals surface area contributed by atoms with Crippen LogP contribution in [0.1, 0.15) is 16.8 Å². The number of carbonyl (C=O) groups is 1. The number of aliphatic imine (C=N–C) groups is 1. The number of benzene rings is 6. The first-order valence-electron chi connectivity index (χ1n) is 18.2. The highest BCUT2D eigenvalue weighted by Gasteiger charge is 2.34. The van der Waals surface area contributed by atoms with Crippen LogP contribution in [0.25, 0.3) is 27.2 Å². The Bertz CT molecular complexity index is 3240. The molecular weight excluding hydrogens is 889 g/mol. The SMILES string of the molecule is COC(=O)/C=C(\N)C(F)(F)F.N#Cc1cc(F)c(-n2c(=O)cc(C(F)(F)F)[nH]c2=O)cc1Oc1ccc2ccccc2c1.N#Cc1cc(F)c(N=C=O)cc1Oc1ccc2ccccc2c1. The maximum absolute atomic E-state index is 14.6. The van der Waals surface area contributed by atoms with Crippen LogP contribution in [0.3, 0.4) is 0 Å². The number of esters is 1. The van der Waals surface area contributed by atoms with Crippen molar-refractivity contribution < 1.29 is 58.9 Å². The third-order valence-electron chi connectivity index (χ3n) is 8.68. The number of fused-ring (bicyclic) bond motifs is 2. The number of rotatable bonds is 7. The molecule has 7 aromatic rings. The number of methoxy groups -OCH3 is 1. The molecule has 0 amide bonds. The van der Waals surface area contributed by atoms with E-state index >= 15 is 0 Å². The highest BCUT2D eigenvalue weighted by atomic mass is 19.4. The van der Waals surface area contributed by atoms with Gasteiger partial charge in [-0.15, -0.1) is 0 Å². The van der Waals surface area contributed by atoms with Crippen LogP contribution >= 0.6 is 0 Å². The molecule has 0 atom stereocenters. The molecule has 0 saturated carbocycles. The summed E-state index contributed by atoms with van der Waals surface area (Å²) in [6, 6.07) is 33.1.